The van der Waals surface area contributed by atoms with Crippen molar-refractivity contribution in [1.82, 2.24) is 34.9 Å². The number of nitrogens with zero attached hydrogens (tertiary/aromatic N) is 5. The summed E-state index contributed by atoms with van der Waals surface area (Å²) in [5.41, 5.74) is 2.21. The van der Waals surface area contributed by atoms with Crippen LogP contribution in [0.15, 0.2) is 55.2 Å². The molecule has 4 rings (SSSR count). The van der Waals surface area contributed by atoms with E-state index in [0.29, 0.717) is 17.2 Å². The zero-order valence-electron chi connectivity index (χ0n) is 12.5. The second-order valence-corrected chi connectivity index (χ2v) is 5.13. The molecule has 4 aromatic heterocycles. The Labute approximate surface area is 136 Å². The van der Waals surface area contributed by atoms with Crippen LogP contribution in [0.2, 0.25) is 0 Å². The topological polar surface area (TPSA) is 101 Å². The van der Waals surface area contributed by atoms with Gasteiger partial charge in [0.1, 0.15) is 11.5 Å². The molecule has 0 radical (unpaired) electrons. The first kappa shape index (κ1) is 14.1. The predicted molar refractivity (Wildman–Crippen MR) is 86.0 cm³/mol. The van der Waals surface area contributed by atoms with Crippen molar-refractivity contribution in [2.24, 2.45) is 0 Å². The van der Waals surface area contributed by atoms with Crippen LogP contribution in [-0.2, 0) is 6.54 Å². The van der Waals surface area contributed by atoms with Crippen molar-refractivity contribution in [1.29, 1.82) is 0 Å². The van der Waals surface area contributed by atoms with E-state index in [2.05, 4.69) is 30.5 Å². The van der Waals surface area contributed by atoms with E-state index < -0.39 is 0 Å². The normalized spacial score (nSPS) is 10.8. The first-order chi connectivity index (χ1) is 11.8. The molecule has 0 atom stereocenters. The van der Waals surface area contributed by atoms with Gasteiger partial charge in [0.15, 0.2) is 5.82 Å². The van der Waals surface area contributed by atoms with Gasteiger partial charge in [-0.25, -0.2) is 9.97 Å². The number of aromatic nitrogens is 6. The molecule has 2 N–H and O–H groups in total. The third kappa shape index (κ3) is 2.72. The summed E-state index contributed by atoms with van der Waals surface area (Å²) in [7, 11) is 0. The minimum atomic E-state index is -0.188. The highest BCUT2D eigenvalue weighted by Gasteiger charge is 2.09. The zero-order valence-corrected chi connectivity index (χ0v) is 12.5. The molecular formula is C16H13N7O. The maximum atomic E-state index is 12.2. The highest BCUT2D eigenvalue weighted by molar-refractivity contribution is 5.94. The summed E-state index contributed by atoms with van der Waals surface area (Å²) in [6.45, 7) is 0.263. The Balaban J connectivity index is 1.45. The number of nitrogens with one attached hydrogen (secondary N) is 2. The summed E-state index contributed by atoms with van der Waals surface area (Å²) in [6, 6.07) is 7.18. The van der Waals surface area contributed by atoms with Gasteiger partial charge >= 0.3 is 0 Å². The van der Waals surface area contributed by atoms with Crippen molar-refractivity contribution in [2.75, 3.05) is 0 Å². The maximum absolute atomic E-state index is 12.2. The molecular weight excluding hydrogens is 306 g/mol. The van der Waals surface area contributed by atoms with E-state index >= 15 is 0 Å². The molecule has 0 spiro atoms. The summed E-state index contributed by atoms with van der Waals surface area (Å²) in [5, 5.41) is 9.79. The van der Waals surface area contributed by atoms with E-state index in [1.807, 2.05) is 12.1 Å². The molecule has 1 amide bonds. The van der Waals surface area contributed by atoms with Gasteiger partial charge in [0, 0.05) is 36.5 Å². The molecule has 0 aliphatic heterocycles. The molecule has 0 fully saturated rings. The standard InChI is InChI=1S/C16H13N7O/c24-16(12-1-2-14-18-7-8-23(14)10-12)19-9-13-20-15(22-21-13)11-3-5-17-6-4-11/h1-8,10H,9H2,(H,19,24)(H,20,21,22). The second kappa shape index (κ2) is 5.92. The first-order valence-corrected chi connectivity index (χ1v) is 7.32. The van der Waals surface area contributed by atoms with E-state index in [1.165, 1.54) is 0 Å². The second-order valence-electron chi connectivity index (χ2n) is 5.13. The molecule has 0 bridgehead atoms. The number of carbonyl (C=O) groups excluding carboxylic acids is 1. The van der Waals surface area contributed by atoms with Gasteiger partial charge in [-0.15, -0.1) is 0 Å². The van der Waals surface area contributed by atoms with Gasteiger partial charge in [-0.05, 0) is 24.3 Å². The SMILES string of the molecule is O=C(NCc1nc(-c2ccncc2)n[nH]1)c1ccc2nccn2c1. The molecule has 4 heterocycles. The van der Waals surface area contributed by atoms with Crippen LogP contribution < -0.4 is 5.32 Å². The Morgan fingerprint density at radius 2 is 2.04 bits per heavy atom. The molecule has 0 saturated heterocycles. The lowest BCUT2D eigenvalue weighted by molar-refractivity contribution is 0.0949. The fourth-order valence-electron chi connectivity index (χ4n) is 2.32. The monoisotopic (exact) mass is 319 g/mol. The van der Waals surface area contributed by atoms with Crippen LogP contribution >= 0.6 is 0 Å². The largest absolute Gasteiger partial charge is 0.345 e. The molecule has 24 heavy (non-hydrogen) atoms. The highest BCUT2D eigenvalue weighted by atomic mass is 16.1. The number of fused-ring (bicyclic) bond motifs is 1. The zero-order chi connectivity index (χ0) is 16.4. The number of amides is 1. The van der Waals surface area contributed by atoms with Crippen molar-refractivity contribution in [2.45, 2.75) is 6.54 Å². The van der Waals surface area contributed by atoms with Gasteiger partial charge in [0.05, 0.1) is 12.1 Å². The third-order valence-corrected chi connectivity index (χ3v) is 3.54. The predicted octanol–water partition coefficient (Wildman–Crippen LogP) is 1.44. The highest BCUT2D eigenvalue weighted by Crippen LogP contribution is 2.12. The van der Waals surface area contributed by atoms with Crippen molar-refractivity contribution in [3.63, 3.8) is 0 Å². The van der Waals surface area contributed by atoms with Crippen LogP contribution in [-0.4, -0.2) is 35.5 Å². The van der Waals surface area contributed by atoms with Gasteiger partial charge in [-0.3, -0.25) is 14.9 Å². The minimum Gasteiger partial charge on any atom is -0.345 e. The lowest BCUT2D eigenvalue weighted by atomic mass is 10.2. The van der Waals surface area contributed by atoms with E-state index in [1.54, 1.807) is 47.5 Å². The van der Waals surface area contributed by atoms with Crippen molar-refractivity contribution >= 4 is 11.6 Å². The van der Waals surface area contributed by atoms with Gasteiger partial charge in [0.25, 0.3) is 5.91 Å². The molecule has 0 aromatic carbocycles. The Bertz CT molecular complexity index is 990. The molecule has 0 aliphatic rings. The maximum Gasteiger partial charge on any atom is 0.253 e. The van der Waals surface area contributed by atoms with Crippen molar-refractivity contribution in [3.05, 3.63) is 66.6 Å². The fraction of sp³-hybridized carbons (Fsp3) is 0.0625. The summed E-state index contributed by atoms with van der Waals surface area (Å²) in [5.74, 6) is 0.966. The average Bonchev–Trinajstić information content (AvgIpc) is 3.29. The van der Waals surface area contributed by atoms with Crippen LogP contribution in [0.4, 0.5) is 0 Å². The van der Waals surface area contributed by atoms with E-state index in [4.69, 9.17) is 0 Å². The fourth-order valence-corrected chi connectivity index (χ4v) is 2.32. The number of rotatable bonds is 4. The quantitative estimate of drug-likeness (QED) is 0.593. The molecule has 8 nitrogen and oxygen atoms in total. The van der Waals surface area contributed by atoms with Crippen LogP contribution in [0.5, 0.6) is 0 Å². The number of aromatic amines is 1. The van der Waals surface area contributed by atoms with Crippen molar-refractivity contribution in [3.8, 4) is 11.4 Å². The molecule has 0 unspecified atom stereocenters. The summed E-state index contributed by atoms with van der Waals surface area (Å²) in [6.07, 6.45) is 8.58. The average molecular weight is 319 g/mol. The van der Waals surface area contributed by atoms with Crippen molar-refractivity contribution < 1.29 is 4.79 Å². The molecule has 8 heteroatoms. The van der Waals surface area contributed by atoms with Crippen LogP contribution in [0.1, 0.15) is 16.2 Å². The van der Waals surface area contributed by atoms with E-state index in [0.717, 1.165) is 11.2 Å². The van der Waals surface area contributed by atoms with Gasteiger partial charge in [-0.1, -0.05) is 0 Å². The molecule has 118 valence electrons. The number of carbonyl (C=O) groups is 1. The summed E-state index contributed by atoms with van der Waals surface area (Å²) < 4.78 is 1.80. The Morgan fingerprint density at radius 3 is 2.92 bits per heavy atom. The first-order valence-electron chi connectivity index (χ1n) is 7.32. The Hall–Kier alpha value is -3.55. The summed E-state index contributed by atoms with van der Waals surface area (Å²) in [4.78, 5) is 24.7. The van der Waals surface area contributed by atoms with Crippen LogP contribution in [0.25, 0.3) is 17.0 Å². The Morgan fingerprint density at radius 1 is 1.17 bits per heavy atom. The van der Waals surface area contributed by atoms with E-state index in [-0.39, 0.29) is 12.5 Å². The Kier molecular flexibility index (Phi) is 3.47. The van der Waals surface area contributed by atoms with Gasteiger partial charge < -0.3 is 9.72 Å². The van der Waals surface area contributed by atoms with Gasteiger partial charge in [-0.2, -0.15) is 5.10 Å². The lowest BCUT2D eigenvalue weighted by Crippen LogP contribution is -2.23. The summed E-state index contributed by atoms with van der Waals surface area (Å²) >= 11 is 0. The van der Waals surface area contributed by atoms with Crippen LogP contribution in [0.3, 0.4) is 0 Å². The number of H-pyrrole nitrogens is 1. The molecule has 4 aromatic rings. The van der Waals surface area contributed by atoms with Gasteiger partial charge in [0.2, 0.25) is 0 Å². The molecule has 0 saturated carbocycles. The molecule has 0 aliphatic carbocycles. The van der Waals surface area contributed by atoms with Crippen LogP contribution in [0, 0.1) is 0 Å². The number of hydrogen-bond donors (Lipinski definition) is 2. The van der Waals surface area contributed by atoms with E-state index in [9.17, 15) is 4.79 Å². The number of hydrogen-bond acceptors (Lipinski definition) is 5. The number of pyridine rings is 2. The minimum absolute atomic E-state index is 0.188. The smallest absolute Gasteiger partial charge is 0.253 e. The number of imidazole rings is 1. The lowest BCUT2D eigenvalue weighted by Gasteiger charge is -2.03. The third-order valence-electron chi connectivity index (χ3n) is 3.54.